The minimum absolute atomic E-state index is 0.0185. The van der Waals surface area contributed by atoms with E-state index in [4.69, 9.17) is 14.2 Å². The molecule has 0 spiro atoms. The van der Waals surface area contributed by atoms with Crippen LogP contribution in [0.15, 0.2) is 24.3 Å². The monoisotopic (exact) mass is 408 g/mol. The third-order valence-electron chi connectivity index (χ3n) is 5.55. The van der Waals surface area contributed by atoms with Gasteiger partial charge in [-0.15, -0.1) is 0 Å². The first-order valence-corrected chi connectivity index (χ1v) is 9.11. The van der Waals surface area contributed by atoms with Crippen molar-refractivity contribution in [2.24, 2.45) is 23.7 Å². The van der Waals surface area contributed by atoms with Crippen molar-refractivity contribution in [2.75, 3.05) is 13.7 Å². The van der Waals surface area contributed by atoms with Gasteiger partial charge in [-0.05, 0) is 36.6 Å². The van der Waals surface area contributed by atoms with Crippen LogP contribution in [-0.2, 0) is 19.1 Å². The maximum absolute atomic E-state index is 12.5. The Morgan fingerprint density at radius 2 is 1.96 bits per heavy atom. The Balaban J connectivity index is 1.41. The quantitative estimate of drug-likeness (QED) is 0.421. The summed E-state index contributed by atoms with van der Waals surface area (Å²) in [5.74, 6) is -1.29. The molecule has 7 heteroatoms. The number of methoxy groups -OCH3 is 1. The van der Waals surface area contributed by atoms with Gasteiger partial charge in [0.15, 0.2) is 12.4 Å². The number of ketones is 1. The molecule has 1 aromatic rings. The highest BCUT2D eigenvalue weighted by Crippen LogP contribution is 2.60. The number of esters is 2. The molecule has 1 saturated heterocycles. The number of carbonyl (C=O) groups excluding carboxylic acids is 3. The predicted molar refractivity (Wildman–Crippen MR) is 89.5 cm³/mol. The van der Waals surface area contributed by atoms with Crippen molar-refractivity contribution in [2.45, 2.75) is 17.4 Å². The zero-order valence-electron chi connectivity index (χ0n) is 13.5. The highest BCUT2D eigenvalue weighted by molar-refractivity contribution is 9.09. The van der Waals surface area contributed by atoms with Gasteiger partial charge in [-0.25, -0.2) is 0 Å². The van der Waals surface area contributed by atoms with E-state index in [0.29, 0.717) is 11.3 Å². The number of hydrogen-bond donors (Lipinski definition) is 0. The molecule has 0 aromatic heterocycles. The number of rotatable bonds is 5. The van der Waals surface area contributed by atoms with Crippen LogP contribution in [-0.4, -0.2) is 42.4 Å². The SMILES string of the molecule is COc1ccc(C(=O)COC(=O)[C@@H]2[C@H]3C[C@H]4[C@H](OC(=O)[C@@H]42)[C@H]3Br)cc1. The average molecular weight is 409 g/mol. The predicted octanol–water partition coefficient (Wildman–Crippen LogP) is 1.99. The third-order valence-corrected chi connectivity index (χ3v) is 6.75. The molecule has 4 rings (SSSR count). The number of hydrogen-bond acceptors (Lipinski definition) is 6. The first-order chi connectivity index (χ1) is 12.0. The summed E-state index contributed by atoms with van der Waals surface area (Å²) in [5.41, 5.74) is 0.445. The van der Waals surface area contributed by atoms with E-state index in [1.165, 1.54) is 0 Å². The van der Waals surface area contributed by atoms with Gasteiger partial charge >= 0.3 is 11.9 Å². The minimum Gasteiger partial charge on any atom is -0.497 e. The summed E-state index contributed by atoms with van der Waals surface area (Å²) in [7, 11) is 1.55. The molecule has 25 heavy (non-hydrogen) atoms. The van der Waals surface area contributed by atoms with E-state index >= 15 is 0 Å². The lowest BCUT2D eigenvalue weighted by atomic mass is 9.80. The molecule has 1 aliphatic heterocycles. The standard InChI is InChI=1S/C18H17BrO6/c1-23-9-4-2-8(3-5-9)12(20)7-24-17(21)13-10-6-11-14(13)18(22)25-16(11)15(10)19/h2-5,10-11,13-16H,6-7H2,1H3/t10-,11-,13-,14+,15+,16+/m1/s1. The van der Waals surface area contributed by atoms with E-state index in [1.807, 2.05) is 0 Å². The lowest BCUT2D eigenvalue weighted by molar-refractivity contribution is -0.154. The van der Waals surface area contributed by atoms with Crippen LogP contribution in [0, 0.1) is 23.7 Å². The van der Waals surface area contributed by atoms with Crippen molar-refractivity contribution in [1.29, 1.82) is 0 Å². The summed E-state index contributed by atoms with van der Waals surface area (Å²) in [6.07, 6.45) is 0.649. The Morgan fingerprint density at radius 1 is 1.24 bits per heavy atom. The fraction of sp³-hybridized carbons (Fsp3) is 0.500. The van der Waals surface area contributed by atoms with Crippen molar-refractivity contribution in [3.05, 3.63) is 29.8 Å². The Labute approximate surface area is 152 Å². The number of halogens is 1. The van der Waals surface area contributed by atoms with E-state index in [1.54, 1.807) is 31.4 Å². The molecule has 0 radical (unpaired) electrons. The lowest BCUT2D eigenvalue weighted by Crippen LogP contribution is -2.39. The van der Waals surface area contributed by atoms with E-state index in [2.05, 4.69) is 15.9 Å². The fourth-order valence-corrected chi connectivity index (χ4v) is 5.43. The zero-order valence-corrected chi connectivity index (χ0v) is 15.1. The van der Waals surface area contributed by atoms with Crippen LogP contribution < -0.4 is 4.74 Å². The highest BCUT2D eigenvalue weighted by atomic mass is 79.9. The van der Waals surface area contributed by atoms with Gasteiger partial charge < -0.3 is 14.2 Å². The van der Waals surface area contributed by atoms with Crippen LogP contribution in [0.4, 0.5) is 0 Å². The Hall–Kier alpha value is -1.89. The third kappa shape index (κ3) is 2.56. The molecule has 132 valence electrons. The number of fused-ring (bicyclic) bond motifs is 1. The maximum Gasteiger partial charge on any atom is 0.310 e. The first kappa shape index (κ1) is 16.6. The molecule has 6 atom stereocenters. The van der Waals surface area contributed by atoms with E-state index in [0.717, 1.165) is 6.42 Å². The molecule has 2 saturated carbocycles. The van der Waals surface area contributed by atoms with Crippen LogP contribution >= 0.6 is 15.9 Å². The second-order valence-corrected chi connectivity index (χ2v) is 7.78. The normalized spacial score (nSPS) is 34.7. The molecule has 1 heterocycles. The summed E-state index contributed by atoms with van der Waals surface area (Å²) in [5, 5.41) is 0. The fourth-order valence-electron chi connectivity index (χ4n) is 4.39. The molecule has 0 N–H and O–H groups in total. The van der Waals surface area contributed by atoms with Crippen LogP contribution in [0.5, 0.6) is 5.75 Å². The van der Waals surface area contributed by atoms with Gasteiger partial charge in [0, 0.05) is 11.5 Å². The van der Waals surface area contributed by atoms with Gasteiger partial charge in [-0.3, -0.25) is 14.4 Å². The van der Waals surface area contributed by atoms with E-state index in [-0.39, 0.29) is 41.1 Å². The van der Waals surface area contributed by atoms with Gasteiger partial charge in [-0.1, -0.05) is 15.9 Å². The van der Waals surface area contributed by atoms with Crippen LogP contribution in [0.25, 0.3) is 0 Å². The number of benzene rings is 1. The molecule has 2 aliphatic carbocycles. The molecule has 2 bridgehead atoms. The van der Waals surface area contributed by atoms with E-state index < -0.39 is 17.8 Å². The number of carbonyl (C=O) groups is 3. The second-order valence-electron chi connectivity index (χ2n) is 6.72. The number of ether oxygens (including phenoxy) is 3. The molecule has 0 unspecified atom stereocenters. The van der Waals surface area contributed by atoms with Crippen molar-refractivity contribution in [3.63, 3.8) is 0 Å². The van der Waals surface area contributed by atoms with Crippen LogP contribution in [0.1, 0.15) is 16.8 Å². The van der Waals surface area contributed by atoms with Crippen molar-refractivity contribution in [1.82, 2.24) is 0 Å². The van der Waals surface area contributed by atoms with E-state index in [9.17, 15) is 14.4 Å². The second kappa shape index (κ2) is 6.12. The first-order valence-electron chi connectivity index (χ1n) is 8.19. The Bertz CT molecular complexity index is 730. The van der Waals surface area contributed by atoms with Crippen LogP contribution in [0.2, 0.25) is 0 Å². The summed E-state index contributed by atoms with van der Waals surface area (Å²) < 4.78 is 15.7. The van der Waals surface area contributed by atoms with Gasteiger partial charge in [0.25, 0.3) is 0 Å². The maximum atomic E-state index is 12.5. The molecular formula is C18H17BrO6. The zero-order chi connectivity index (χ0) is 17.7. The summed E-state index contributed by atoms with van der Waals surface area (Å²) in [6.45, 7) is -0.336. The van der Waals surface area contributed by atoms with Crippen molar-refractivity contribution < 1.29 is 28.6 Å². The number of alkyl halides is 1. The summed E-state index contributed by atoms with van der Waals surface area (Å²) in [6, 6.07) is 6.60. The van der Waals surface area contributed by atoms with Crippen molar-refractivity contribution in [3.8, 4) is 5.75 Å². The largest absolute Gasteiger partial charge is 0.497 e. The molecule has 1 aromatic carbocycles. The molecule has 3 fully saturated rings. The van der Waals surface area contributed by atoms with Gasteiger partial charge in [0.2, 0.25) is 0 Å². The smallest absolute Gasteiger partial charge is 0.310 e. The minimum atomic E-state index is -0.524. The topological polar surface area (TPSA) is 78.9 Å². The van der Waals surface area contributed by atoms with Crippen LogP contribution in [0.3, 0.4) is 0 Å². The molecule has 0 amide bonds. The Kier molecular flexibility index (Phi) is 4.06. The van der Waals surface area contributed by atoms with Gasteiger partial charge in [-0.2, -0.15) is 0 Å². The summed E-state index contributed by atoms with van der Waals surface area (Å²) in [4.78, 5) is 36.7. The lowest BCUT2D eigenvalue weighted by Gasteiger charge is -2.26. The summed E-state index contributed by atoms with van der Waals surface area (Å²) >= 11 is 3.55. The molecule has 6 nitrogen and oxygen atoms in total. The van der Waals surface area contributed by atoms with Crippen molar-refractivity contribution >= 4 is 33.7 Å². The highest BCUT2D eigenvalue weighted by Gasteiger charge is 2.68. The number of Topliss-reactive ketones (excluding diaryl/α,β-unsaturated/α-hetero) is 1. The Morgan fingerprint density at radius 3 is 2.64 bits per heavy atom. The molecule has 3 aliphatic rings. The average Bonchev–Trinajstić information content (AvgIpc) is 3.23. The molecular weight excluding hydrogens is 392 g/mol. The van der Waals surface area contributed by atoms with Gasteiger partial charge in [0.05, 0.1) is 23.8 Å². The van der Waals surface area contributed by atoms with Gasteiger partial charge in [0.1, 0.15) is 11.9 Å².